The number of carbonyl (C=O) groups excluding carboxylic acids is 1. The van der Waals surface area contributed by atoms with Gasteiger partial charge in [-0.3, -0.25) is 4.79 Å². The Kier molecular flexibility index (Phi) is 4.67. The molecule has 1 rings (SSSR count). The first-order valence-corrected chi connectivity index (χ1v) is 5.49. The quantitative estimate of drug-likeness (QED) is 0.627. The molecule has 0 radical (unpaired) electrons. The van der Waals surface area contributed by atoms with E-state index in [1.54, 1.807) is 0 Å². The molecule has 0 aromatic heterocycles. The number of hydrogen-bond donors (Lipinski definition) is 4. The second-order valence-corrected chi connectivity index (χ2v) is 4.12. The molecule has 18 heavy (non-hydrogen) atoms. The third-order valence-corrected chi connectivity index (χ3v) is 2.18. The molecule has 6 nitrogen and oxygen atoms in total. The number of carboxylic acid groups (broad SMARTS) is 1. The van der Waals surface area contributed by atoms with E-state index >= 15 is 0 Å². The summed E-state index contributed by atoms with van der Waals surface area (Å²) in [5.74, 6) is -1.85. The normalized spacial score (nSPS) is 10.4. The highest BCUT2D eigenvalue weighted by Crippen LogP contribution is 2.21. The number of aromatic carboxylic acids is 1. The number of benzene rings is 1. The van der Waals surface area contributed by atoms with Crippen LogP contribution in [-0.2, 0) is 4.79 Å². The largest absolute Gasteiger partial charge is 0.507 e. The number of amides is 1. The van der Waals surface area contributed by atoms with Crippen molar-refractivity contribution >= 4 is 17.6 Å². The molecule has 6 heteroatoms. The molecule has 4 N–H and O–H groups in total. The Morgan fingerprint density at radius 1 is 1.33 bits per heavy atom. The Balaban J connectivity index is 2.66. The smallest absolute Gasteiger partial charge is 0.339 e. The SMILES string of the molecule is CC(C)NCC(=O)Nc1ccc(C(=O)O)c(O)c1. The van der Waals surface area contributed by atoms with Crippen LogP contribution in [0, 0.1) is 0 Å². The Bertz CT molecular complexity index is 457. The predicted octanol–water partition coefficient (Wildman–Crippen LogP) is 1.03. The van der Waals surface area contributed by atoms with Gasteiger partial charge in [-0.15, -0.1) is 0 Å². The summed E-state index contributed by atoms with van der Waals surface area (Å²) in [5.41, 5.74) is 0.154. The molecule has 98 valence electrons. The van der Waals surface area contributed by atoms with Crippen LogP contribution in [0.5, 0.6) is 5.75 Å². The molecule has 0 fully saturated rings. The van der Waals surface area contributed by atoms with Crippen molar-refractivity contribution in [2.45, 2.75) is 19.9 Å². The molecule has 0 aliphatic heterocycles. The summed E-state index contributed by atoms with van der Waals surface area (Å²) in [4.78, 5) is 22.2. The van der Waals surface area contributed by atoms with E-state index in [0.29, 0.717) is 5.69 Å². The lowest BCUT2D eigenvalue weighted by Crippen LogP contribution is -2.32. The fraction of sp³-hybridized carbons (Fsp3) is 0.333. The maximum Gasteiger partial charge on any atom is 0.339 e. The molecule has 0 aliphatic rings. The first-order valence-electron chi connectivity index (χ1n) is 5.49. The van der Waals surface area contributed by atoms with Crippen LogP contribution in [0.3, 0.4) is 0 Å². The fourth-order valence-electron chi connectivity index (χ4n) is 1.29. The van der Waals surface area contributed by atoms with Crippen LogP contribution in [0.25, 0.3) is 0 Å². The van der Waals surface area contributed by atoms with Crippen molar-refractivity contribution in [1.29, 1.82) is 0 Å². The van der Waals surface area contributed by atoms with E-state index < -0.39 is 5.97 Å². The molecule has 1 aromatic rings. The van der Waals surface area contributed by atoms with E-state index in [2.05, 4.69) is 10.6 Å². The molecule has 0 heterocycles. The highest BCUT2D eigenvalue weighted by molar-refractivity contribution is 5.95. The Hall–Kier alpha value is -2.08. The number of carbonyl (C=O) groups is 2. The molecule has 1 aromatic carbocycles. The Morgan fingerprint density at radius 3 is 2.50 bits per heavy atom. The summed E-state index contributed by atoms with van der Waals surface area (Å²) in [6.07, 6.45) is 0. The average molecular weight is 252 g/mol. The van der Waals surface area contributed by atoms with Gasteiger partial charge in [0.2, 0.25) is 5.91 Å². The highest BCUT2D eigenvalue weighted by Gasteiger charge is 2.10. The van der Waals surface area contributed by atoms with Crippen LogP contribution in [-0.4, -0.2) is 34.7 Å². The van der Waals surface area contributed by atoms with Crippen LogP contribution in [0.2, 0.25) is 0 Å². The van der Waals surface area contributed by atoms with E-state index in [4.69, 9.17) is 5.11 Å². The molecule has 0 unspecified atom stereocenters. The molecule has 1 amide bonds. The molecule has 0 atom stereocenters. The van der Waals surface area contributed by atoms with Gasteiger partial charge in [-0.25, -0.2) is 4.79 Å². The van der Waals surface area contributed by atoms with Crippen LogP contribution in [0.4, 0.5) is 5.69 Å². The zero-order valence-corrected chi connectivity index (χ0v) is 10.2. The van der Waals surface area contributed by atoms with Crippen molar-refractivity contribution in [3.8, 4) is 5.75 Å². The van der Waals surface area contributed by atoms with Gasteiger partial charge in [0.25, 0.3) is 0 Å². The zero-order chi connectivity index (χ0) is 13.7. The monoisotopic (exact) mass is 252 g/mol. The van der Waals surface area contributed by atoms with Gasteiger partial charge in [-0.1, -0.05) is 13.8 Å². The van der Waals surface area contributed by atoms with Crippen LogP contribution in [0.15, 0.2) is 18.2 Å². The van der Waals surface area contributed by atoms with E-state index in [1.165, 1.54) is 18.2 Å². The minimum atomic E-state index is -1.22. The average Bonchev–Trinajstić information content (AvgIpc) is 2.26. The fourth-order valence-corrected chi connectivity index (χ4v) is 1.29. The molecular formula is C12H16N2O4. The molecule has 0 aliphatic carbocycles. The number of hydrogen-bond acceptors (Lipinski definition) is 4. The molecule has 0 saturated carbocycles. The Morgan fingerprint density at radius 2 is 2.00 bits per heavy atom. The van der Waals surface area contributed by atoms with Crippen molar-refractivity contribution in [2.75, 3.05) is 11.9 Å². The molecule has 0 bridgehead atoms. The van der Waals surface area contributed by atoms with Crippen molar-refractivity contribution in [1.82, 2.24) is 5.32 Å². The van der Waals surface area contributed by atoms with Gasteiger partial charge in [0.1, 0.15) is 11.3 Å². The van der Waals surface area contributed by atoms with Crippen molar-refractivity contribution in [2.24, 2.45) is 0 Å². The second kappa shape index (κ2) is 6.02. The predicted molar refractivity (Wildman–Crippen MR) is 66.8 cm³/mol. The number of nitrogens with one attached hydrogen (secondary N) is 2. The van der Waals surface area contributed by atoms with Gasteiger partial charge in [0, 0.05) is 17.8 Å². The van der Waals surface area contributed by atoms with Gasteiger partial charge in [0.05, 0.1) is 6.54 Å². The minimum Gasteiger partial charge on any atom is -0.507 e. The van der Waals surface area contributed by atoms with Gasteiger partial charge >= 0.3 is 5.97 Å². The summed E-state index contributed by atoms with van der Waals surface area (Å²) in [5, 5.41) is 23.7. The van der Waals surface area contributed by atoms with Crippen LogP contribution >= 0.6 is 0 Å². The first kappa shape index (κ1) is 14.0. The van der Waals surface area contributed by atoms with Gasteiger partial charge < -0.3 is 20.8 Å². The van der Waals surface area contributed by atoms with Crippen LogP contribution < -0.4 is 10.6 Å². The van der Waals surface area contributed by atoms with E-state index in [-0.39, 0.29) is 29.8 Å². The van der Waals surface area contributed by atoms with Crippen molar-refractivity contribution < 1.29 is 19.8 Å². The number of phenols is 1. The topological polar surface area (TPSA) is 98.7 Å². The number of rotatable bonds is 5. The van der Waals surface area contributed by atoms with E-state index in [9.17, 15) is 14.7 Å². The maximum absolute atomic E-state index is 11.5. The standard InChI is InChI=1S/C12H16N2O4/c1-7(2)13-6-11(16)14-8-3-4-9(12(17)18)10(15)5-8/h3-5,7,13,15H,6H2,1-2H3,(H,14,16)(H,17,18). The third-order valence-electron chi connectivity index (χ3n) is 2.18. The summed E-state index contributed by atoms with van der Waals surface area (Å²) < 4.78 is 0. The lowest BCUT2D eigenvalue weighted by molar-refractivity contribution is -0.115. The molecule has 0 spiro atoms. The van der Waals surface area contributed by atoms with E-state index in [1.807, 2.05) is 13.8 Å². The number of carboxylic acids is 1. The molecule has 0 saturated heterocycles. The van der Waals surface area contributed by atoms with Crippen molar-refractivity contribution in [3.63, 3.8) is 0 Å². The van der Waals surface area contributed by atoms with E-state index in [0.717, 1.165) is 0 Å². The summed E-state index contributed by atoms with van der Waals surface area (Å²) in [6, 6.07) is 4.06. The summed E-state index contributed by atoms with van der Waals surface area (Å²) in [6.45, 7) is 3.99. The zero-order valence-electron chi connectivity index (χ0n) is 10.2. The lowest BCUT2D eigenvalue weighted by atomic mass is 10.2. The Labute approximate surface area is 105 Å². The lowest BCUT2D eigenvalue weighted by Gasteiger charge is -2.09. The number of aromatic hydroxyl groups is 1. The number of anilines is 1. The van der Waals surface area contributed by atoms with Crippen LogP contribution in [0.1, 0.15) is 24.2 Å². The third kappa shape index (κ3) is 4.06. The van der Waals surface area contributed by atoms with Gasteiger partial charge in [0.15, 0.2) is 0 Å². The highest BCUT2D eigenvalue weighted by atomic mass is 16.4. The molecular weight excluding hydrogens is 236 g/mol. The van der Waals surface area contributed by atoms with Gasteiger partial charge in [-0.05, 0) is 12.1 Å². The first-order chi connectivity index (χ1) is 8.40. The minimum absolute atomic E-state index is 0.152. The summed E-state index contributed by atoms with van der Waals surface area (Å²) >= 11 is 0. The summed E-state index contributed by atoms with van der Waals surface area (Å²) in [7, 11) is 0. The van der Waals surface area contributed by atoms with Gasteiger partial charge in [-0.2, -0.15) is 0 Å². The second-order valence-electron chi connectivity index (χ2n) is 4.12. The van der Waals surface area contributed by atoms with Crippen molar-refractivity contribution in [3.05, 3.63) is 23.8 Å². The maximum atomic E-state index is 11.5.